The van der Waals surface area contributed by atoms with E-state index in [9.17, 15) is 0 Å². The molecule has 11 aromatic carbocycles. The molecule has 0 N–H and O–H groups in total. The third-order valence-electron chi connectivity index (χ3n) is 13.2. The van der Waals surface area contributed by atoms with E-state index < -0.39 is 0 Å². The third kappa shape index (κ3) is 6.20. The van der Waals surface area contributed by atoms with E-state index in [4.69, 9.17) is 4.42 Å². The van der Waals surface area contributed by atoms with Crippen LogP contribution in [-0.4, -0.2) is 4.57 Å². The largest absolute Gasteiger partial charge is 0.456 e. The van der Waals surface area contributed by atoms with Crippen LogP contribution >= 0.6 is 0 Å². The van der Waals surface area contributed by atoms with Gasteiger partial charge in [0.15, 0.2) is 0 Å². The number of benzene rings is 11. The van der Waals surface area contributed by atoms with E-state index in [0.29, 0.717) is 0 Å². The Balaban J connectivity index is 0.865. The first kappa shape index (κ1) is 36.9. The van der Waals surface area contributed by atoms with Crippen molar-refractivity contribution >= 4 is 82.4 Å². The van der Waals surface area contributed by atoms with Crippen LogP contribution in [0.5, 0.6) is 0 Å². The second-order valence-corrected chi connectivity index (χ2v) is 16.9. The minimum atomic E-state index is 0.911. The molecule has 3 heteroatoms. The Kier molecular flexibility index (Phi) is 8.53. The molecular weight excluding hydrogens is 789 g/mol. The summed E-state index contributed by atoms with van der Waals surface area (Å²) in [6, 6.07) is 87.7. The molecule has 0 aliphatic rings. The van der Waals surface area contributed by atoms with Crippen LogP contribution in [0.1, 0.15) is 0 Å². The Hall–Kier alpha value is -8.66. The van der Waals surface area contributed by atoms with Crippen LogP contribution in [0.2, 0.25) is 0 Å². The Bertz CT molecular complexity index is 3860. The zero-order valence-electron chi connectivity index (χ0n) is 35.4. The molecule has 0 aliphatic carbocycles. The summed E-state index contributed by atoms with van der Waals surface area (Å²) in [4.78, 5) is 2.37. The first-order valence-corrected chi connectivity index (χ1v) is 22.2. The number of furan rings is 1. The standard InChI is InChI=1S/C62H40N2O/c1-2-11-41(12-3-1)42-23-30-48(31-24-42)63(49-32-25-43(26-33-49)44-27-34-50(35-28-44)64-58-17-7-4-13-55(58)56-14-5-8-18-59(56)64)51-36-38-53-47(40-51)22-21-45-39-46(29-37-52(45)53)54-16-10-20-61-62(54)57-15-6-9-19-60(57)65-61/h1-40H. The summed E-state index contributed by atoms with van der Waals surface area (Å²) in [5, 5.41) is 9.69. The number of fused-ring (bicyclic) bond motifs is 9. The summed E-state index contributed by atoms with van der Waals surface area (Å²) in [6.45, 7) is 0. The van der Waals surface area contributed by atoms with E-state index in [1.807, 2.05) is 12.1 Å². The lowest BCUT2D eigenvalue weighted by molar-refractivity contribution is 0.669. The van der Waals surface area contributed by atoms with Gasteiger partial charge in [0, 0.05) is 44.3 Å². The molecule has 0 unspecified atom stereocenters. The highest BCUT2D eigenvalue weighted by Crippen LogP contribution is 2.42. The SMILES string of the molecule is c1ccc(-c2ccc(N(c3ccc(-c4ccc(-n5c6ccccc6c6ccccc65)cc4)cc3)c3ccc4c(ccc5cc(-c6cccc7oc8ccccc8c67)ccc54)c3)cc2)cc1. The van der Waals surface area contributed by atoms with Gasteiger partial charge in [-0.3, -0.25) is 0 Å². The lowest BCUT2D eigenvalue weighted by Gasteiger charge is -2.26. The topological polar surface area (TPSA) is 21.3 Å². The van der Waals surface area contributed by atoms with Gasteiger partial charge in [0.2, 0.25) is 0 Å². The van der Waals surface area contributed by atoms with Crippen molar-refractivity contribution in [3.8, 4) is 39.1 Å². The van der Waals surface area contributed by atoms with Crippen LogP contribution in [0.4, 0.5) is 17.1 Å². The highest BCUT2D eigenvalue weighted by molar-refractivity contribution is 6.15. The molecule has 0 radical (unpaired) electrons. The molecule has 304 valence electrons. The predicted octanol–water partition coefficient (Wildman–Crippen LogP) is 17.5. The molecule has 0 spiro atoms. The monoisotopic (exact) mass is 828 g/mol. The molecule has 3 nitrogen and oxygen atoms in total. The van der Waals surface area contributed by atoms with Crippen molar-refractivity contribution in [2.75, 3.05) is 4.90 Å². The maximum Gasteiger partial charge on any atom is 0.136 e. The van der Waals surface area contributed by atoms with Gasteiger partial charge in [-0.05, 0) is 134 Å². The van der Waals surface area contributed by atoms with Crippen molar-refractivity contribution in [1.29, 1.82) is 0 Å². The van der Waals surface area contributed by atoms with Gasteiger partial charge in [-0.15, -0.1) is 0 Å². The van der Waals surface area contributed by atoms with E-state index in [1.54, 1.807) is 0 Å². The Morgan fingerprint density at radius 2 is 0.800 bits per heavy atom. The average Bonchev–Trinajstić information content (AvgIpc) is 3.93. The van der Waals surface area contributed by atoms with Crippen LogP contribution in [-0.2, 0) is 0 Å². The van der Waals surface area contributed by atoms with Gasteiger partial charge in [-0.1, -0.05) is 164 Å². The van der Waals surface area contributed by atoms with Crippen molar-refractivity contribution in [2.24, 2.45) is 0 Å². The molecule has 0 fully saturated rings. The van der Waals surface area contributed by atoms with E-state index in [2.05, 4.69) is 240 Å². The Labute approximate surface area is 376 Å². The maximum absolute atomic E-state index is 6.24. The number of anilines is 3. The summed E-state index contributed by atoms with van der Waals surface area (Å²) < 4.78 is 8.61. The van der Waals surface area contributed by atoms with E-state index in [0.717, 1.165) is 44.7 Å². The summed E-state index contributed by atoms with van der Waals surface area (Å²) in [7, 11) is 0. The number of hydrogen-bond donors (Lipinski definition) is 0. The second kappa shape index (κ2) is 15.0. The maximum atomic E-state index is 6.24. The van der Waals surface area contributed by atoms with Crippen molar-refractivity contribution in [3.05, 3.63) is 243 Å². The minimum Gasteiger partial charge on any atom is -0.456 e. The zero-order valence-corrected chi connectivity index (χ0v) is 35.4. The molecule has 2 aromatic heterocycles. The number of hydrogen-bond acceptors (Lipinski definition) is 2. The van der Waals surface area contributed by atoms with Gasteiger partial charge in [0.1, 0.15) is 11.2 Å². The average molecular weight is 829 g/mol. The fraction of sp³-hybridized carbons (Fsp3) is 0. The number of rotatable bonds is 7. The smallest absolute Gasteiger partial charge is 0.136 e. The highest BCUT2D eigenvalue weighted by Gasteiger charge is 2.17. The molecule has 2 heterocycles. The van der Waals surface area contributed by atoms with Gasteiger partial charge < -0.3 is 13.9 Å². The van der Waals surface area contributed by atoms with Crippen molar-refractivity contribution < 1.29 is 4.42 Å². The van der Waals surface area contributed by atoms with Crippen LogP contribution < -0.4 is 4.90 Å². The molecule has 0 aliphatic heterocycles. The molecule has 0 atom stereocenters. The van der Waals surface area contributed by atoms with Gasteiger partial charge in [-0.2, -0.15) is 0 Å². The fourth-order valence-electron chi connectivity index (χ4n) is 10.1. The number of para-hydroxylation sites is 3. The van der Waals surface area contributed by atoms with Crippen molar-refractivity contribution in [3.63, 3.8) is 0 Å². The Morgan fingerprint density at radius 1 is 0.308 bits per heavy atom. The van der Waals surface area contributed by atoms with Crippen LogP contribution in [0.25, 0.3) is 104 Å². The molecule has 0 amide bonds. The first-order valence-electron chi connectivity index (χ1n) is 22.2. The summed E-state index contributed by atoms with van der Waals surface area (Å²) in [5.41, 5.74) is 15.8. The molecule has 0 saturated carbocycles. The van der Waals surface area contributed by atoms with Crippen LogP contribution in [0.3, 0.4) is 0 Å². The van der Waals surface area contributed by atoms with Crippen LogP contribution in [0, 0.1) is 0 Å². The minimum absolute atomic E-state index is 0.911. The van der Waals surface area contributed by atoms with Crippen LogP contribution in [0.15, 0.2) is 247 Å². The van der Waals surface area contributed by atoms with E-state index >= 15 is 0 Å². The van der Waals surface area contributed by atoms with Gasteiger partial charge in [0.25, 0.3) is 0 Å². The predicted molar refractivity (Wildman–Crippen MR) is 274 cm³/mol. The molecule has 13 rings (SSSR count). The molecule has 13 aromatic rings. The highest BCUT2D eigenvalue weighted by atomic mass is 16.3. The summed E-state index contributed by atoms with van der Waals surface area (Å²) in [5.74, 6) is 0. The molecular formula is C62H40N2O. The number of aromatic nitrogens is 1. The summed E-state index contributed by atoms with van der Waals surface area (Å²) in [6.07, 6.45) is 0. The van der Waals surface area contributed by atoms with Gasteiger partial charge in [0.05, 0.1) is 11.0 Å². The molecule has 65 heavy (non-hydrogen) atoms. The second-order valence-electron chi connectivity index (χ2n) is 16.9. The van der Waals surface area contributed by atoms with Gasteiger partial charge in [-0.25, -0.2) is 0 Å². The number of nitrogens with zero attached hydrogens (tertiary/aromatic N) is 2. The lowest BCUT2D eigenvalue weighted by atomic mass is 9.95. The summed E-state index contributed by atoms with van der Waals surface area (Å²) >= 11 is 0. The lowest BCUT2D eigenvalue weighted by Crippen LogP contribution is -2.09. The zero-order chi connectivity index (χ0) is 42.8. The van der Waals surface area contributed by atoms with E-state index in [-0.39, 0.29) is 0 Å². The van der Waals surface area contributed by atoms with E-state index in [1.165, 1.54) is 76.7 Å². The third-order valence-corrected chi connectivity index (χ3v) is 13.2. The molecule has 0 saturated heterocycles. The normalized spacial score (nSPS) is 11.7. The van der Waals surface area contributed by atoms with Crippen molar-refractivity contribution in [2.45, 2.75) is 0 Å². The van der Waals surface area contributed by atoms with Crippen molar-refractivity contribution in [1.82, 2.24) is 4.57 Å². The first-order chi connectivity index (χ1) is 32.2. The quantitative estimate of drug-likeness (QED) is 0.149. The molecule has 0 bridgehead atoms. The fourth-order valence-corrected chi connectivity index (χ4v) is 10.1. The van der Waals surface area contributed by atoms with Gasteiger partial charge >= 0.3 is 0 Å². The Morgan fingerprint density at radius 3 is 1.46 bits per heavy atom.